The van der Waals surface area contributed by atoms with Crippen LogP contribution in [0.25, 0.3) is 0 Å². The molecule has 0 heterocycles. The molecule has 1 aromatic rings. The summed E-state index contributed by atoms with van der Waals surface area (Å²) in [5.41, 5.74) is 2.28. The third kappa shape index (κ3) is 3.13. The second-order valence-electron chi connectivity index (χ2n) is 5.05. The first kappa shape index (κ1) is 12.2. The topological polar surface area (TPSA) is 35.5 Å². The fraction of sp³-hybridized carbons (Fsp3) is 0.571. The van der Waals surface area contributed by atoms with Crippen molar-refractivity contribution in [3.05, 3.63) is 24.3 Å². The molecule has 17 heavy (non-hydrogen) atoms. The molecule has 0 saturated heterocycles. The largest absolute Gasteiger partial charge is 0.391 e. The van der Waals surface area contributed by atoms with E-state index >= 15 is 0 Å². The highest BCUT2D eigenvalue weighted by molar-refractivity contribution is 5.57. The molecule has 0 bridgehead atoms. The molecule has 0 aliphatic heterocycles. The lowest BCUT2D eigenvalue weighted by Crippen LogP contribution is -2.36. The minimum absolute atomic E-state index is 0.202. The van der Waals surface area contributed by atoms with E-state index in [0.717, 1.165) is 24.9 Å². The molecule has 0 spiro atoms. The van der Waals surface area contributed by atoms with Crippen LogP contribution in [0.5, 0.6) is 0 Å². The van der Waals surface area contributed by atoms with Crippen LogP contribution in [0.1, 0.15) is 25.7 Å². The predicted molar refractivity (Wildman–Crippen MR) is 72.7 cm³/mol. The van der Waals surface area contributed by atoms with Crippen molar-refractivity contribution < 1.29 is 5.11 Å². The Labute approximate surface area is 103 Å². The molecule has 1 saturated carbocycles. The SMILES string of the molecule is CN(C)c1cccc(N[C@H]2CCCC[C@@H]2O)c1. The van der Waals surface area contributed by atoms with E-state index in [9.17, 15) is 5.11 Å². The normalized spacial score (nSPS) is 24.4. The maximum absolute atomic E-state index is 9.94. The Morgan fingerprint density at radius 3 is 2.71 bits per heavy atom. The van der Waals surface area contributed by atoms with Crippen molar-refractivity contribution in [1.82, 2.24) is 0 Å². The van der Waals surface area contributed by atoms with E-state index in [0.29, 0.717) is 0 Å². The zero-order valence-corrected chi connectivity index (χ0v) is 10.7. The van der Waals surface area contributed by atoms with E-state index in [1.165, 1.54) is 12.1 Å². The lowest BCUT2D eigenvalue weighted by Gasteiger charge is -2.29. The molecular formula is C14H22N2O. The van der Waals surface area contributed by atoms with Crippen LogP contribution in [0.4, 0.5) is 11.4 Å². The van der Waals surface area contributed by atoms with Crippen LogP contribution in [-0.4, -0.2) is 31.3 Å². The molecule has 2 rings (SSSR count). The van der Waals surface area contributed by atoms with Gasteiger partial charge >= 0.3 is 0 Å². The second-order valence-corrected chi connectivity index (χ2v) is 5.05. The van der Waals surface area contributed by atoms with Crippen LogP contribution in [0.15, 0.2) is 24.3 Å². The highest BCUT2D eigenvalue weighted by Crippen LogP contribution is 2.24. The molecular weight excluding hydrogens is 212 g/mol. The van der Waals surface area contributed by atoms with Crippen molar-refractivity contribution >= 4 is 11.4 Å². The van der Waals surface area contributed by atoms with Gasteiger partial charge < -0.3 is 15.3 Å². The summed E-state index contributed by atoms with van der Waals surface area (Å²) in [5.74, 6) is 0. The van der Waals surface area contributed by atoms with Gasteiger partial charge in [-0.15, -0.1) is 0 Å². The highest BCUT2D eigenvalue weighted by atomic mass is 16.3. The van der Waals surface area contributed by atoms with Gasteiger partial charge in [0.2, 0.25) is 0 Å². The van der Waals surface area contributed by atoms with Crippen LogP contribution in [-0.2, 0) is 0 Å². The van der Waals surface area contributed by atoms with Gasteiger partial charge in [-0.05, 0) is 31.0 Å². The average molecular weight is 234 g/mol. The zero-order valence-electron chi connectivity index (χ0n) is 10.7. The van der Waals surface area contributed by atoms with E-state index < -0.39 is 0 Å². The van der Waals surface area contributed by atoms with Crippen molar-refractivity contribution in [2.75, 3.05) is 24.3 Å². The Hall–Kier alpha value is -1.22. The van der Waals surface area contributed by atoms with Gasteiger partial charge in [0.25, 0.3) is 0 Å². The Balaban J connectivity index is 2.04. The maximum atomic E-state index is 9.94. The van der Waals surface area contributed by atoms with Crippen LogP contribution in [0, 0.1) is 0 Å². The minimum Gasteiger partial charge on any atom is -0.391 e. The molecule has 3 nitrogen and oxygen atoms in total. The maximum Gasteiger partial charge on any atom is 0.0741 e. The highest BCUT2D eigenvalue weighted by Gasteiger charge is 2.22. The van der Waals surface area contributed by atoms with Crippen molar-refractivity contribution in [3.8, 4) is 0 Å². The van der Waals surface area contributed by atoms with E-state index in [2.05, 4.69) is 28.4 Å². The Kier molecular flexibility index (Phi) is 3.89. The van der Waals surface area contributed by atoms with Gasteiger partial charge in [0.05, 0.1) is 12.1 Å². The third-order valence-corrected chi connectivity index (χ3v) is 3.44. The number of aliphatic hydroxyl groups is 1. The molecule has 0 amide bonds. The lowest BCUT2D eigenvalue weighted by molar-refractivity contribution is 0.116. The summed E-state index contributed by atoms with van der Waals surface area (Å²) in [6.07, 6.45) is 4.14. The van der Waals surface area contributed by atoms with Gasteiger partial charge in [-0.3, -0.25) is 0 Å². The number of aliphatic hydroxyl groups excluding tert-OH is 1. The van der Waals surface area contributed by atoms with Gasteiger partial charge in [-0.2, -0.15) is 0 Å². The summed E-state index contributed by atoms with van der Waals surface area (Å²) < 4.78 is 0. The molecule has 94 valence electrons. The second kappa shape index (κ2) is 5.41. The van der Waals surface area contributed by atoms with Gasteiger partial charge in [0.15, 0.2) is 0 Å². The molecule has 1 aromatic carbocycles. The van der Waals surface area contributed by atoms with Crippen molar-refractivity contribution in [2.45, 2.75) is 37.8 Å². The molecule has 1 aliphatic carbocycles. The van der Waals surface area contributed by atoms with Gasteiger partial charge in [-0.1, -0.05) is 18.9 Å². The predicted octanol–water partition coefficient (Wildman–Crippen LogP) is 2.47. The molecule has 1 aliphatic rings. The van der Waals surface area contributed by atoms with E-state index in [1.54, 1.807) is 0 Å². The van der Waals surface area contributed by atoms with E-state index in [1.807, 2.05) is 20.2 Å². The fourth-order valence-electron chi connectivity index (χ4n) is 2.37. The quantitative estimate of drug-likeness (QED) is 0.843. The summed E-state index contributed by atoms with van der Waals surface area (Å²) in [5, 5.41) is 13.4. The average Bonchev–Trinajstić information content (AvgIpc) is 2.32. The Bertz CT molecular complexity index is 365. The number of benzene rings is 1. The monoisotopic (exact) mass is 234 g/mol. The number of nitrogens with zero attached hydrogens (tertiary/aromatic N) is 1. The van der Waals surface area contributed by atoms with Crippen LogP contribution >= 0.6 is 0 Å². The summed E-state index contributed by atoms with van der Waals surface area (Å²) in [6.45, 7) is 0. The minimum atomic E-state index is -0.202. The van der Waals surface area contributed by atoms with Crippen molar-refractivity contribution in [3.63, 3.8) is 0 Å². The smallest absolute Gasteiger partial charge is 0.0741 e. The summed E-state index contributed by atoms with van der Waals surface area (Å²) in [7, 11) is 4.07. The fourth-order valence-corrected chi connectivity index (χ4v) is 2.37. The number of anilines is 2. The van der Waals surface area contributed by atoms with Crippen LogP contribution in [0.2, 0.25) is 0 Å². The molecule has 0 unspecified atom stereocenters. The van der Waals surface area contributed by atoms with Crippen molar-refractivity contribution in [2.24, 2.45) is 0 Å². The lowest BCUT2D eigenvalue weighted by atomic mass is 9.92. The number of nitrogens with one attached hydrogen (secondary N) is 1. The number of hydrogen-bond acceptors (Lipinski definition) is 3. The first-order valence-electron chi connectivity index (χ1n) is 6.39. The Morgan fingerprint density at radius 2 is 2.00 bits per heavy atom. The Morgan fingerprint density at radius 1 is 1.24 bits per heavy atom. The van der Waals surface area contributed by atoms with Crippen LogP contribution < -0.4 is 10.2 Å². The summed E-state index contributed by atoms with van der Waals surface area (Å²) >= 11 is 0. The molecule has 2 atom stereocenters. The van der Waals surface area contributed by atoms with Gasteiger partial charge in [0, 0.05) is 25.5 Å². The summed E-state index contributed by atoms with van der Waals surface area (Å²) in [6, 6.07) is 8.53. The zero-order chi connectivity index (χ0) is 12.3. The third-order valence-electron chi connectivity index (χ3n) is 3.44. The first-order valence-corrected chi connectivity index (χ1v) is 6.39. The van der Waals surface area contributed by atoms with Crippen LogP contribution in [0.3, 0.4) is 0 Å². The number of rotatable bonds is 3. The van der Waals surface area contributed by atoms with E-state index in [4.69, 9.17) is 0 Å². The van der Waals surface area contributed by atoms with Crippen molar-refractivity contribution in [1.29, 1.82) is 0 Å². The molecule has 2 N–H and O–H groups in total. The van der Waals surface area contributed by atoms with E-state index in [-0.39, 0.29) is 12.1 Å². The molecule has 1 fully saturated rings. The number of hydrogen-bond donors (Lipinski definition) is 2. The molecule has 0 radical (unpaired) electrons. The van der Waals surface area contributed by atoms with Gasteiger partial charge in [0.1, 0.15) is 0 Å². The van der Waals surface area contributed by atoms with Gasteiger partial charge in [-0.25, -0.2) is 0 Å². The molecule has 0 aromatic heterocycles. The summed E-state index contributed by atoms with van der Waals surface area (Å²) in [4.78, 5) is 2.09. The molecule has 3 heteroatoms. The standard InChI is InChI=1S/C14H22N2O/c1-16(2)12-7-5-6-11(10-12)15-13-8-3-4-9-14(13)17/h5-7,10,13-15,17H,3-4,8-9H2,1-2H3/t13-,14-/m0/s1. The first-order chi connectivity index (χ1) is 8.16.